The molecule has 0 spiro atoms. The first-order valence-electron chi connectivity index (χ1n) is 10.2. The molecule has 3 heterocycles. The molecule has 4 rings (SSSR count). The van der Waals surface area contributed by atoms with Gasteiger partial charge in [0.05, 0.1) is 18.5 Å². The third-order valence-electron chi connectivity index (χ3n) is 6.01. The number of likely N-dealkylation sites (tertiary alicyclic amines) is 1. The van der Waals surface area contributed by atoms with Gasteiger partial charge >= 0.3 is 0 Å². The van der Waals surface area contributed by atoms with Crippen molar-refractivity contribution in [2.24, 2.45) is 0 Å². The Morgan fingerprint density at radius 2 is 2.04 bits per heavy atom. The van der Waals surface area contributed by atoms with E-state index in [9.17, 15) is 0 Å². The lowest BCUT2D eigenvalue weighted by Gasteiger charge is -2.32. The van der Waals surface area contributed by atoms with Crippen LogP contribution >= 0.6 is 0 Å². The average molecular weight is 379 g/mol. The molecular weight excluding hydrogens is 348 g/mol. The Hall–Kier alpha value is -2.37. The number of aryl methyl sites for hydroxylation is 1. The van der Waals surface area contributed by atoms with Gasteiger partial charge in [-0.1, -0.05) is 12.1 Å². The summed E-state index contributed by atoms with van der Waals surface area (Å²) in [5.41, 5.74) is 5.89. The Bertz CT molecular complexity index is 941. The zero-order chi connectivity index (χ0) is 19.5. The Balaban J connectivity index is 1.57. The summed E-state index contributed by atoms with van der Waals surface area (Å²) in [4.78, 5) is 10.7. The van der Waals surface area contributed by atoms with Gasteiger partial charge in [0, 0.05) is 30.1 Å². The SMILES string of the molecule is CNCCN1CCC(c2ccc3[nH]c(-c4cccc(OC)n4)c(C)c3c2)CC1. The molecule has 148 valence electrons. The molecule has 28 heavy (non-hydrogen) atoms. The molecule has 0 amide bonds. The van der Waals surface area contributed by atoms with Gasteiger partial charge in [-0.05, 0) is 75.1 Å². The summed E-state index contributed by atoms with van der Waals surface area (Å²) in [6, 6.07) is 12.8. The number of benzene rings is 1. The van der Waals surface area contributed by atoms with E-state index in [4.69, 9.17) is 4.74 Å². The smallest absolute Gasteiger partial charge is 0.213 e. The normalized spacial score (nSPS) is 16.0. The number of aromatic amines is 1. The molecule has 0 bridgehead atoms. The van der Waals surface area contributed by atoms with E-state index in [0.717, 1.165) is 24.5 Å². The van der Waals surface area contributed by atoms with Crippen LogP contribution in [0, 0.1) is 6.92 Å². The van der Waals surface area contributed by atoms with Crippen LogP contribution in [0.3, 0.4) is 0 Å². The van der Waals surface area contributed by atoms with Crippen molar-refractivity contribution in [3.63, 3.8) is 0 Å². The van der Waals surface area contributed by atoms with Gasteiger partial charge in [0.2, 0.25) is 5.88 Å². The fourth-order valence-corrected chi connectivity index (χ4v) is 4.28. The van der Waals surface area contributed by atoms with E-state index in [0.29, 0.717) is 11.8 Å². The molecule has 2 N–H and O–H groups in total. The first kappa shape index (κ1) is 19.0. The molecule has 1 aromatic carbocycles. The van der Waals surface area contributed by atoms with Crippen molar-refractivity contribution in [1.82, 2.24) is 20.2 Å². The number of ether oxygens (including phenoxy) is 1. The minimum Gasteiger partial charge on any atom is -0.481 e. The zero-order valence-electron chi connectivity index (χ0n) is 17.1. The highest BCUT2D eigenvalue weighted by atomic mass is 16.5. The predicted molar refractivity (Wildman–Crippen MR) is 115 cm³/mol. The summed E-state index contributed by atoms with van der Waals surface area (Å²) in [6.45, 7) is 6.78. The summed E-state index contributed by atoms with van der Waals surface area (Å²) in [5, 5.41) is 4.55. The van der Waals surface area contributed by atoms with Crippen molar-refractivity contribution < 1.29 is 4.74 Å². The Morgan fingerprint density at radius 1 is 1.21 bits per heavy atom. The summed E-state index contributed by atoms with van der Waals surface area (Å²) < 4.78 is 5.29. The van der Waals surface area contributed by atoms with Crippen molar-refractivity contribution in [3.05, 3.63) is 47.5 Å². The third-order valence-corrected chi connectivity index (χ3v) is 6.01. The van der Waals surface area contributed by atoms with E-state index in [2.05, 4.69) is 45.3 Å². The summed E-state index contributed by atoms with van der Waals surface area (Å²) in [5.74, 6) is 1.30. The van der Waals surface area contributed by atoms with Crippen LogP contribution in [-0.2, 0) is 0 Å². The number of fused-ring (bicyclic) bond motifs is 1. The molecular formula is C23H30N4O. The fourth-order valence-electron chi connectivity index (χ4n) is 4.28. The van der Waals surface area contributed by atoms with E-state index in [1.54, 1.807) is 7.11 Å². The highest BCUT2D eigenvalue weighted by molar-refractivity contribution is 5.90. The number of hydrogen-bond donors (Lipinski definition) is 2. The van der Waals surface area contributed by atoms with E-state index < -0.39 is 0 Å². The van der Waals surface area contributed by atoms with Gasteiger partial charge in [-0.25, -0.2) is 4.98 Å². The number of rotatable bonds is 6. The summed E-state index contributed by atoms with van der Waals surface area (Å²) >= 11 is 0. The molecule has 3 aromatic rings. The molecule has 1 aliphatic rings. The first-order chi connectivity index (χ1) is 13.7. The molecule has 0 atom stereocenters. The average Bonchev–Trinajstić information content (AvgIpc) is 3.08. The lowest BCUT2D eigenvalue weighted by Crippen LogP contribution is -2.37. The van der Waals surface area contributed by atoms with Crippen LogP contribution in [0.25, 0.3) is 22.3 Å². The van der Waals surface area contributed by atoms with Crippen molar-refractivity contribution in [1.29, 1.82) is 0 Å². The molecule has 1 fully saturated rings. The van der Waals surface area contributed by atoms with Crippen LogP contribution in [0.2, 0.25) is 0 Å². The maximum absolute atomic E-state index is 5.29. The van der Waals surface area contributed by atoms with E-state index in [1.165, 1.54) is 48.0 Å². The van der Waals surface area contributed by atoms with Crippen molar-refractivity contribution in [3.8, 4) is 17.3 Å². The van der Waals surface area contributed by atoms with Gasteiger partial charge in [0.15, 0.2) is 0 Å². The van der Waals surface area contributed by atoms with E-state index in [1.807, 2.05) is 25.2 Å². The van der Waals surface area contributed by atoms with Crippen molar-refractivity contribution in [2.75, 3.05) is 40.3 Å². The van der Waals surface area contributed by atoms with Crippen LogP contribution in [-0.4, -0.2) is 55.2 Å². The number of H-pyrrole nitrogens is 1. The number of nitrogens with zero attached hydrogens (tertiary/aromatic N) is 2. The molecule has 0 unspecified atom stereocenters. The second-order valence-corrected chi connectivity index (χ2v) is 7.71. The molecule has 1 saturated heterocycles. The van der Waals surface area contributed by atoms with Gasteiger partial charge < -0.3 is 19.9 Å². The Kier molecular flexibility index (Phi) is 5.64. The highest BCUT2D eigenvalue weighted by Gasteiger charge is 2.21. The molecule has 1 aliphatic heterocycles. The van der Waals surface area contributed by atoms with Gasteiger partial charge in [0.1, 0.15) is 0 Å². The van der Waals surface area contributed by atoms with Gasteiger partial charge in [-0.15, -0.1) is 0 Å². The molecule has 5 nitrogen and oxygen atoms in total. The lowest BCUT2D eigenvalue weighted by atomic mass is 9.88. The predicted octanol–water partition coefficient (Wildman–Crippen LogP) is 3.95. The Labute approximate surface area is 167 Å². The standard InChI is InChI=1S/C23H30N4O/c1-16-19-15-18(17-9-12-27(13-10-17)14-11-24-2)7-8-20(19)26-23(16)21-5-4-6-22(25-21)28-3/h4-8,15,17,24,26H,9-14H2,1-3H3. The van der Waals surface area contributed by atoms with E-state index >= 15 is 0 Å². The molecule has 0 radical (unpaired) electrons. The van der Waals surface area contributed by atoms with Gasteiger partial charge in [-0.2, -0.15) is 0 Å². The van der Waals surface area contributed by atoms with Crippen LogP contribution < -0.4 is 10.1 Å². The number of pyridine rings is 1. The number of hydrogen-bond acceptors (Lipinski definition) is 4. The largest absolute Gasteiger partial charge is 0.481 e. The molecule has 2 aromatic heterocycles. The number of methoxy groups -OCH3 is 1. The monoisotopic (exact) mass is 378 g/mol. The molecule has 5 heteroatoms. The summed E-state index contributed by atoms with van der Waals surface area (Å²) in [6.07, 6.45) is 2.48. The number of aromatic nitrogens is 2. The molecule has 0 saturated carbocycles. The second-order valence-electron chi connectivity index (χ2n) is 7.71. The van der Waals surface area contributed by atoms with Gasteiger partial charge in [0.25, 0.3) is 0 Å². The fraction of sp³-hybridized carbons (Fsp3) is 0.435. The van der Waals surface area contributed by atoms with Crippen molar-refractivity contribution in [2.45, 2.75) is 25.7 Å². The minimum atomic E-state index is 0.640. The van der Waals surface area contributed by atoms with E-state index in [-0.39, 0.29) is 0 Å². The van der Waals surface area contributed by atoms with Gasteiger partial charge in [-0.3, -0.25) is 0 Å². The summed E-state index contributed by atoms with van der Waals surface area (Å²) in [7, 11) is 3.68. The second kappa shape index (κ2) is 8.33. The number of nitrogens with one attached hydrogen (secondary N) is 2. The molecule has 0 aliphatic carbocycles. The maximum atomic E-state index is 5.29. The van der Waals surface area contributed by atoms with Crippen molar-refractivity contribution >= 4 is 10.9 Å². The quantitative estimate of drug-likeness (QED) is 0.682. The maximum Gasteiger partial charge on any atom is 0.213 e. The lowest BCUT2D eigenvalue weighted by molar-refractivity contribution is 0.214. The highest BCUT2D eigenvalue weighted by Crippen LogP contribution is 2.34. The van der Waals surface area contributed by atoms with Crippen LogP contribution in [0.5, 0.6) is 5.88 Å². The topological polar surface area (TPSA) is 53.2 Å². The van der Waals surface area contributed by atoms with Crippen LogP contribution in [0.4, 0.5) is 0 Å². The Morgan fingerprint density at radius 3 is 2.79 bits per heavy atom. The third kappa shape index (κ3) is 3.77. The first-order valence-corrected chi connectivity index (χ1v) is 10.2. The van der Waals surface area contributed by atoms with Crippen LogP contribution in [0.1, 0.15) is 29.9 Å². The zero-order valence-corrected chi connectivity index (χ0v) is 17.1. The number of piperidine rings is 1. The number of likely N-dealkylation sites (N-methyl/N-ethyl adjacent to an activating group) is 1. The van der Waals surface area contributed by atoms with Crippen LogP contribution in [0.15, 0.2) is 36.4 Å². The minimum absolute atomic E-state index is 0.640.